The molecule has 5 rings (SSSR count). The van der Waals surface area contributed by atoms with Crippen molar-refractivity contribution in [2.75, 3.05) is 20.3 Å². The van der Waals surface area contributed by atoms with Crippen molar-refractivity contribution in [3.8, 4) is 0 Å². The van der Waals surface area contributed by atoms with Gasteiger partial charge in [0.25, 0.3) is 11.8 Å². The molecule has 156 valence electrons. The van der Waals surface area contributed by atoms with E-state index in [9.17, 15) is 14.4 Å². The van der Waals surface area contributed by atoms with Crippen molar-refractivity contribution in [3.63, 3.8) is 0 Å². The number of carbonyl (C=O) groups is 3. The van der Waals surface area contributed by atoms with Crippen LogP contribution in [0, 0.1) is 0 Å². The number of rotatable bonds is 3. The van der Waals surface area contributed by atoms with Crippen LogP contribution in [0.1, 0.15) is 48.8 Å². The zero-order valence-corrected chi connectivity index (χ0v) is 17.6. The molecule has 1 fully saturated rings. The molecule has 2 aliphatic heterocycles. The van der Waals surface area contributed by atoms with E-state index in [1.165, 1.54) is 18.3 Å². The summed E-state index contributed by atoms with van der Waals surface area (Å²) in [7, 11) is 1.30. The predicted molar refractivity (Wildman–Crippen MR) is 105 cm³/mol. The largest absolute Gasteiger partial charge is 0.468 e. The van der Waals surface area contributed by atoms with Gasteiger partial charge in [0.2, 0.25) is 5.79 Å². The van der Waals surface area contributed by atoms with Gasteiger partial charge in [0.1, 0.15) is 23.7 Å². The fourth-order valence-electron chi connectivity index (χ4n) is 4.35. The lowest BCUT2D eigenvalue weighted by Crippen LogP contribution is -2.44. The van der Waals surface area contributed by atoms with Gasteiger partial charge in [0, 0.05) is 6.42 Å². The molecule has 2 amide bonds. The number of methoxy groups -OCH3 is 1. The highest BCUT2D eigenvalue weighted by Crippen LogP contribution is 2.49. The summed E-state index contributed by atoms with van der Waals surface area (Å²) in [5.74, 6) is -1.89. The molecule has 1 aliphatic carbocycles. The van der Waals surface area contributed by atoms with Crippen LogP contribution in [0.3, 0.4) is 0 Å². The molecule has 2 aromatic rings. The first-order valence-electron chi connectivity index (χ1n) is 9.56. The maximum absolute atomic E-state index is 12.7. The number of imide groups is 1. The minimum absolute atomic E-state index is 0.0502. The highest BCUT2D eigenvalue weighted by Gasteiger charge is 2.55. The van der Waals surface area contributed by atoms with Crippen molar-refractivity contribution in [2.24, 2.45) is 0 Å². The zero-order chi connectivity index (χ0) is 21.0. The summed E-state index contributed by atoms with van der Waals surface area (Å²) in [6.07, 6.45) is 2.08. The van der Waals surface area contributed by atoms with E-state index in [1.54, 1.807) is 24.3 Å². The Balaban J connectivity index is 1.43. The van der Waals surface area contributed by atoms with Gasteiger partial charge >= 0.3 is 5.97 Å². The third kappa shape index (κ3) is 2.69. The van der Waals surface area contributed by atoms with Gasteiger partial charge < -0.3 is 18.6 Å². The van der Waals surface area contributed by atoms with Crippen LogP contribution >= 0.6 is 15.9 Å². The summed E-state index contributed by atoms with van der Waals surface area (Å²) in [4.78, 5) is 38.6. The summed E-state index contributed by atoms with van der Waals surface area (Å²) >= 11 is 3.63. The monoisotopic (exact) mass is 475 g/mol. The molecule has 1 saturated heterocycles. The number of hydrogen-bond donors (Lipinski definition) is 0. The smallest absolute Gasteiger partial charge is 0.341 e. The number of alkyl halides is 1. The number of ether oxygens (including phenoxy) is 3. The average molecular weight is 476 g/mol. The third-order valence-corrected chi connectivity index (χ3v) is 6.81. The molecule has 9 heteroatoms. The summed E-state index contributed by atoms with van der Waals surface area (Å²) in [6.45, 7) is 0.204. The number of esters is 1. The van der Waals surface area contributed by atoms with E-state index in [1.807, 2.05) is 0 Å². The van der Waals surface area contributed by atoms with Gasteiger partial charge in [-0.25, -0.2) is 4.79 Å². The van der Waals surface area contributed by atoms with Gasteiger partial charge in [0.15, 0.2) is 0 Å². The van der Waals surface area contributed by atoms with Gasteiger partial charge in [0.05, 0.1) is 41.8 Å². The van der Waals surface area contributed by atoms with E-state index in [0.29, 0.717) is 35.3 Å². The van der Waals surface area contributed by atoms with Crippen LogP contribution in [0.4, 0.5) is 0 Å². The van der Waals surface area contributed by atoms with Crippen molar-refractivity contribution in [1.82, 2.24) is 4.90 Å². The number of aryl methyl sites for hydroxylation is 1. The van der Waals surface area contributed by atoms with Crippen LogP contribution in [-0.4, -0.2) is 53.9 Å². The van der Waals surface area contributed by atoms with E-state index < -0.39 is 17.9 Å². The van der Waals surface area contributed by atoms with E-state index in [4.69, 9.17) is 18.6 Å². The summed E-state index contributed by atoms with van der Waals surface area (Å²) < 4.78 is 22.9. The molecule has 3 aliphatic rings. The lowest BCUT2D eigenvalue weighted by atomic mass is 9.89. The van der Waals surface area contributed by atoms with Gasteiger partial charge in [-0.1, -0.05) is 28.1 Å². The fraction of sp³-hybridized carbons (Fsp3) is 0.381. The molecule has 0 saturated carbocycles. The van der Waals surface area contributed by atoms with Gasteiger partial charge in [-0.2, -0.15) is 0 Å². The van der Waals surface area contributed by atoms with Gasteiger partial charge in [-0.05, 0) is 18.6 Å². The Morgan fingerprint density at radius 1 is 1.27 bits per heavy atom. The number of benzene rings is 1. The maximum Gasteiger partial charge on any atom is 0.341 e. The zero-order valence-electron chi connectivity index (χ0n) is 16.1. The normalized spacial score (nSPS) is 27.5. The first kappa shape index (κ1) is 19.5. The fourth-order valence-corrected chi connectivity index (χ4v) is 5.05. The average Bonchev–Trinajstić information content (AvgIpc) is 3.44. The van der Waals surface area contributed by atoms with Crippen LogP contribution in [-0.2, 0) is 26.4 Å². The van der Waals surface area contributed by atoms with Crippen LogP contribution in [0.2, 0.25) is 0 Å². The Bertz CT molecular complexity index is 1030. The topological polar surface area (TPSA) is 95.3 Å². The van der Waals surface area contributed by atoms with Crippen LogP contribution < -0.4 is 0 Å². The summed E-state index contributed by atoms with van der Waals surface area (Å²) in [5.41, 5.74) is 1.53. The number of furan rings is 1. The number of halogens is 1. The minimum Gasteiger partial charge on any atom is -0.468 e. The second kappa shape index (κ2) is 7.04. The predicted octanol–water partition coefficient (Wildman–Crippen LogP) is 2.64. The van der Waals surface area contributed by atoms with Crippen molar-refractivity contribution < 1.29 is 33.0 Å². The van der Waals surface area contributed by atoms with E-state index in [-0.39, 0.29) is 35.4 Å². The minimum atomic E-state index is -1.26. The number of amides is 2. The highest BCUT2D eigenvalue weighted by atomic mass is 79.9. The molecule has 0 bridgehead atoms. The number of carbonyl (C=O) groups excluding carboxylic acids is 3. The second-order valence-electron chi connectivity index (χ2n) is 7.43. The molecule has 1 aromatic carbocycles. The lowest BCUT2D eigenvalue weighted by Gasteiger charge is -2.36. The first-order chi connectivity index (χ1) is 14.5. The molecule has 3 heterocycles. The molecular weight excluding hydrogens is 458 g/mol. The van der Waals surface area contributed by atoms with E-state index in [0.717, 1.165) is 0 Å². The van der Waals surface area contributed by atoms with Gasteiger partial charge in [-0.15, -0.1) is 0 Å². The quantitative estimate of drug-likeness (QED) is 0.382. The Kier molecular flexibility index (Phi) is 4.57. The molecule has 3 unspecified atom stereocenters. The van der Waals surface area contributed by atoms with Gasteiger partial charge in [-0.3, -0.25) is 14.5 Å². The number of fused-ring (bicyclic) bond motifs is 3. The Morgan fingerprint density at radius 3 is 2.63 bits per heavy atom. The summed E-state index contributed by atoms with van der Waals surface area (Å²) in [5, 5.41) is 0. The van der Waals surface area contributed by atoms with Crippen molar-refractivity contribution in [3.05, 3.63) is 58.5 Å². The first-order valence-corrected chi connectivity index (χ1v) is 10.5. The molecule has 3 atom stereocenters. The van der Waals surface area contributed by atoms with Crippen LogP contribution in [0.15, 0.2) is 34.9 Å². The molecule has 30 heavy (non-hydrogen) atoms. The summed E-state index contributed by atoms with van der Waals surface area (Å²) in [6, 6.07) is 6.73. The Hall–Kier alpha value is -2.49. The van der Waals surface area contributed by atoms with Crippen LogP contribution in [0.25, 0.3) is 0 Å². The Morgan fingerprint density at radius 2 is 1.97 bits per heavy atom. The van der Waals surface area contributed by atoms with Crippen molar-refractivity contribution in [2.45, 2.75) is 29.6 Å². The maximum atomic E-state index is 12.7. The number of nitrogens with zero attached hydrogens (tertiary/aromatic N) is 1. The van der Waals surface area contributed by atoms with E-state index >= 15 is 0 Å². The van der Waals surface area contributed by atoms with Crippen LogP contribution in [0.5, 0.6) is 0 Å². The molecule has 0 N–H and O–H groups in total. The van der Waals surface area contributed by atoms with E-state index in [2.05, 4.69) is 15.9 Å². The highest BCUT2D eigenvalue weighted by molar-refractivity contribution is 9.09. The SMILES string of the molecule is COC(=O)c1coc2c1C1(OCC(CN3C(=O)c4ccccc4C3=O)O1)C(Br)CC2. The van der Waals surface area contributed by atoms with Crippen molar-refractivity contribution in [1.29, 1.82) is 0 Å². The van der Waals surface area contributed by atoms with Crippen molar-refractivity contribution >= 4 is 33.7 Å². The molecule has 1 spiro atoms. The number of hydrogen-bond acceptors (Lipinski definition) is 7. The molecule has 0 radical (unpaired) electrons. The lowest BCUT2D eigenvalue weighted by molar-refractivity contribution is -0.181. The Labute approximate surface area is 180 Å². The molecule has 8 nitrogen and oxygen atoms in total. The third-order valence-electron chi connectivity index (χ3n) is 5.75. The second-order valence-corrected chi connectivity index (χ2v) is 8.54. The standard InChI is InChI=1S/C21H18BrNO7/c1-27-20(26)14-10-28-15-6-7-16(22)21(17(14)15)29-9-11(30-21)8-23-18(24)12-4-2-3-5-13(12)19(23)25/h2-5,10-11,16H,6-9H2,1H3. The molecular formula is C21H18BrNO7. The molecule has 1 aromatic heterocycles.